The number of nitrogens with one attached hydrogen (secondary N) is 1. The SMILES string of the molecule is C/C(=C\c1csc(C)n1)[C@@H]1C[C@@H]2O[C@]2(C)CCC[C@H](C)[C@H](OC(=O)C2CCC(CN3C(=O)C=CC3=O)CC2)[C@@H](C)C(=O)C(C)(C)[C@@H](O)CC(=O)N1. The first-order chi connectivity index (χ1) is 24.0. The molecule has 0 aromatic carbocycles. The number of nitrogens with zero attached hydrogens (tertiary/aromatic N) is 2. The lowest BCUT2D eigenvalue weighted by Crippen LogP contribution is -2.48. The number of ketones is 1. The smallest absolute Gasteiger partial charge is 0.309 e. The molecule has 0 bridgehead atoms. The summed E-state index contributed by atoms with van der Waals surface area (Å²) in [6.45, 7) is 13.4. The Morgan fingerprint density at radius 1 is 1.10 bits per heavy atom. The van der Waals surface area contributed by atoms with Gasteiger partial charge in [0.15, 0.2) is 0 Å². The Hall–Kier alpha value is -3.22. The molecular weight excluding hydrogens is 671 g/mol. The van der Waals surface area contributed by atoms with Gasteiger partial charge in [-0.15, -0.1) is 11.3 Å². The van der Waals surface area contributed by atoms with Gasteiger partial charge < -0.3 is 19.9 Å². The van der Waals surface area contributed by atoms with E-state index in [2.05, 4.69) is 17.2 Å². The van der Waals surface area contributed by atoms with Crippen molar-refractivity contribution in [3.8, 4) is 0 Å². The molecule has 4 heterocycles. The van der Waals surface area contributed by atoms with Crippen LogP contribution in [0.2, 0.25) is 0 Å². The van der Waals surface area contributed by atoms with Crippen molar-refractivity contribution in [1.29, 1.82) is 0 Å². The van der Waals surface area contributed by atoms with Gasteiger partial charge >= 0.3 is 5.97 Å². The largest absolute Gasteiger partial charge is 0.461 e. The molecule has 51 heavy (non-hydrogen) atoms. The minimum Gasteiger partial charge on any atom is -0.461 e. The highest BCUT2D eigenvalue weighted by Crippen LogP contribution is 2.45. The highest BCUT2D eigenvalue weighted by molar-refractivity contribution is 7.09. The number of rotatable bonds is 6. The van der Waals surface area contributed by atoms with E-state index in [4.69, 9.17) is 9.47 Å². The maximum atomic E-state index is 14.2. The Balaban J connectivity index is 1.28. The molecule has 3 amide bonds. The molecule has 1 aromatic rings. The topological polar surface area (TPSA) is 156 Å². The number of fused-ring (bicyclic) bond motifs is 1. The van der Waals surface area contributed by atoms with Crippen molar-refractivity contribution in [2.75, 3.05) is 6.54 Å². The number of carbonyl (C=O) groups excluding carboxylic acids is 5. The number of carbonyl (C=O) groups is 5. The summed E-state index contributed by atoms with van der Waals surface area (Å²) in [5, 5.41) is 17.4. The van der Waals surface area contributed by atoms with Crippen molar-refractivity contribution in [2.45, 2.75) is 136 Å². The number of ether oxygens (including phenoxy) is 2. The number of aryl methyl sites for hydroxylation is 1. The van der Waals surface area contributed by atoms with Gasteiger partial charge in [-0.25, -0.2) is 4.98 Å². The van der Waals surface area contributed by atoms with Crippen LogP contribution in [0, 0.1) is 36.0 Å². The van der Waals surface area contributed by atoms with Crippen LogP contribution >= 0.6 is 11.3 Å². The fraction of sp³-hybridized carbons (Fsp3) is 0.692. The van der Waals surface area contributed by atoms with Crippen LogP contribution in [0.3, 0.4) is 0 Å². The zero-order valence-electron chi connectivity index (χ0n) is 31.1. The third-order valence-electron chi connectivity index (χ3n) is 11.8. The van der Waals surface area contributed by atoms with E-state index in [1.165, 1.54) is 17.1 Å². The van der Waals surface area contributed by atoms with Crippen molar-refractivity contribution in [1.82, 2.24) is 15.2 Å². The molecule has 11 nitrogen and oxygen atoms in total. The number of amides is 3. The minimum atomic E-state index is -1.29. The third-order valence-corrected chi connectivity index (χ3v) is 12.6. The second-order valence-electron chi connectivity index (χ2n) is 16.2. The predicted octanol–water partition coefficient (Wildman–Crippen LogP) is 5.33. The number of aliphatic hydroxyl groups excluding tert-OH is 1. The Morgan fingerprint density at radius 3 is 2.39 bits per heavy atom. The van der Waals surface area contributed by atoms with Crippen LogP contribution in [0.5, 0.6) is 0 Å². The number of thiazole rings is 1. The molecule has 5 rings (SSSR count). The fourth-order valence-electron chi connectivity index (χ4n) is 8.08. The molecule has 3 fully saturated rings. The van der Waals surface area contributed by atoms with E-state index in [1.807, 2.05) is 32.2 Å². The minimum absolute atomic E-state index is 0.0601. The summed E-state index contributed by atoms with van der Waals surface area (Å²) in [6, 6.07) is -0.329. The van der Waals surface area contributed by atoms with E-state index < -0.39 is 23.5 Å². The quantitative estimate of drug-likeness (QED) is 0.225. The number of Topliss-reactive ketones (excluding diaryl/α,β-unsaturated/α-hetero) is 1. The van der Waals surface area contributed by atoms with Crippen LogP contribution in [0.1, 0.15) is 110 Å². The highest BCUT2D eigenvalue weighted by atomic mass is 32.1. The third kappa shape index (κ3) is 9.24. The van der Waals surface area contributed by atoms with Gasteiger partial charge in [0.2, 0.25) is 5.91 Å². The first kappa shape index (κ1) is 39.0. The maximum Gasteiger partial charge on any atom is 0.309 e. The number of imide groups is 1. The van der Waals surface area contributed by atoms with Crippen LogP contribution in [0.4, 0.5) is 0 Å². The van der Waals surface area contributed by atoms with Crippen molar-refractivity contribution in [2.24, 2.45) is 29.1 Å². The van der Waals surface area contributed by atoms with Crippen LogP contribution in [-0.2, 0) is 33.4 Å². The Bertz CT molecular complexity index is 1540. The maximum absolute atomic E-state index is 14.2. The summed E-state index contributed by atoms with van der Waals surface area (Å²) in [5.74, 6) is -2.65. The Morgan fingerprint density at radius 2 is 1.76 bits per heavy atom. The molecule has 2 N–H and O–H groups in total. The van der Waals surface area contributed by atoms with E-state index >= 15 is 0 Å². The molecule has 4 aliphatic rings. The molecule has 2 saturated heterocycles. The lowest BCUT2D eigenvalue weighted by atomic mass is 9.72. The molecule has 7 atom stereocenters. The number of aromatic nitrogens is 1. The van der Waals surface area contributed by atoms with E-state index in [-0.39, 0.29) is 71.4 Å². The van der Waals surface area contributed by atoms with Crippen LogP contribution in [0.15, 0.2) is 23.1 Å². The van der Waals surface area contributed by atoms with Gasteiger partial charge in [0.05, 0.1) is 58.2 Å². The van der Waals surface area contributed by atoms with Crippen molar-refractivity contribution in [3.63, 3.8) is 0 Å². The zero-order chi connectivity index (χ0) is 37.2. The second-order valence-corrected chi connectivity index (χ2v) is 17.2. The summed E-state index contributed by atoms with van der Waals surface area (Å²) in [5.41, 5.74) is 0.128. The number of hydrogen-bond donors (Lipinski definition) is 2. The van der Waals surface area contributed by atoms with Crippen molar-refractivity contribution in [3.05, 3.63) is 33.8 Å². The standard InChI is InChI=1S/C39H55N3O8S/c1-22-9-8-16-39(7)31(50-39)18-29(23(2)17-28-21-51-25(4)40-28)41-32(44)19-30(43)38(5,6)36(47)24(3)35(22)49-37(48)27-12-10-26(11-13-27)20-42-33(45)14-15-34(42)46/h14-15,17,21-22,24,26-27,29-31,35,43H,8-13,16,18-20H2,1-7H3,(H,41,44)/b23-17+/t22-,24+,26?,27?,29-,30-,31-,35-,39+/m0/s1. The average molecular weight is 726 g/mol. The van der Waals surface area contributed by atoms with Gasteiger partial charge in [0, 0.05) is 30.5 Å². The molecule has 1 aliphatic carbocycles. The summed E-state index contributed by atoms with van der Waals surface area (Å²) >= 11 is 1.56. The molecule has 0 spiro atoms. The van der Waals surface area contributed by atoms with E-state index in [0.29, 0.717) is 45.1 Å². The summed E-state index contributed by atoms with van der Waals surface area (Å²) in [4.78, 5) is 71.1. The number of hydrogen-bond acceptors (Lipinski definition) is 10. The molecule has 0 radical (unpaired) electrons. The van der Waals surface area contributed by atoms with Gasteiger partial charge in [-0.2, -0.15) is 0 Å². The summed E-state index contributed by atoms with van der Waals surface area (Å²) < 4.78 is 12.5. The van der Waals surface area contributed by atoms with E-state index in [1.54, 1.807) is 32.1 Å². The van der Waals surface area contributed by atoms with Crippen LogP contribution in [0.25, 0.3) is 6.08 Å². The Kier molecular flexibility index (Phi) is 12.1. The monoisotopic (exact) mass is 725 g/mol. The molecule has 1 saturated carbocycles. The molecule has 1 aromatic heterocycles. The predicted molar refractivity (Wildman–Crippen MR) is 193 cm³/mol. The van der Waals surface area contributed by atoms with Gasteiger partial charge in [0.1, 0.15) is 11.9 Å². The molecular formula is C39H55N3O8S. The van der Waals surface area contributed by atoms with E-state index in [9.17, 15) is 29.1 Å². The van der Waals surface area contributed by atoms with Crippen molar-refractivity contribution < 1.29 is 38.6 Å². The molecule has 3 aliphatic heterocycles. The summed E-state index contributed by atoms with van der Waals surface area (Å²) in [7, 11) is 0. The lowest BCUT2D eigenvalue weighted by Gasteiger charge is -2.37. The molecule has 280 valence electrons. The van der Waals surface area contributed by atoms with Crippen LogP contribution in [-0.4, -0.2) is 81.0 Å². The zero-order valence-corrected chi connectivity index (χ0v) is 31.9. The average Bonchev–Trinajstić information content (AvgIpc) is 3.33. The molecule has 12 heteroatoms. The summed E-state index contributed by atoms with van der Waals surface area (Å²) in [6.07, 6.45) is 7.65. The number of esters is 1. The number of epoxide rings is 1. The normalized spacial score (nSPS) is 35.4. The van der Waals surface area contributed by atoms with Gasteiger partial charge in [0.25, 0.3) is 11.8 Å². The lowest BCUT2D eigenvalue weighted by molar-refractivity contribution is -0.165. The Labute approximate surface area is 305 Å². The fourth-order valence-corrected chi connectivity index (χ4v) is 8.65. The second kappa shape index (κ2) is 15.8. The highest BCUT2D eigenvalue weighted by Gasteiger charge is 2.53. The van der Waals surface area contributed by atoms with Gasteiger partial charge in [-0.1, -0.05) is 34.1 Å². The van der Waals surface area contributed by atoms with Gasteiger partial charge in [-0.05, 0) is 82.8 Å². The van der Waals surface area contributed by atoms with E-state index in [0.717, 1.165) is 29.1 Å². The first-order valence-electron chi connectivity index (χ1n) is 18.5. The van der Waals surface area contributed by atoms with Crippen molar-refractivity contribution >= 4 is 46.9 Å². The molecule has 0 unspecified atom stereocenters. The van der Waals surface area contributed by atoms with Gasteiger partial charge in [-0.3, -0.25) is 28.9 Å². The first-order valence-corrected chi connectivity index (χ1v) is 19.4. The van der Waals surface area contributed by atoms with Crippen LogP contribution < -0.4 is 5.32 Å². The number of aliphatic hydroxyl groups is 1.